The predicted molar refractivity (Wildman–Crippen MR) is 195 cm³/mol. The largest absolute Gasteiger partial charge is 0.308 e. The monoisotopic (exact) mass is 713 g/mol. The Balaban J connectivity index is 1.57. The van der Waals surface area contributed by atoms with Crippen LogP contribution >= 0.6 is 56.2 Å². The van der Waals surface area contributed by atoms with Gasteiger partial charge in [0.05, 0.1) is 17.1 Å². The van der Waals surface area contributed by atoms with Crippen LogP contribution in [0.25, 0.3) is 0 Å². The van der Waals surface area contributed by atoms with Crippen LogP contribution < -0.4 is 52.6 Å². The molecule has 0 aromatic heterocycles. The number of nitrogens with zero attached hydrogens (tertiary/aromatic N) is 1. The summed E-state index contributed by atoms with van der Waals surface area (Å²) in [6.07, 6.45) is 0. The lowest BCUT2D eigenvalue weighted by Gasteiger charge is -2.49. The molecule has 3 aliphatic heterocycles. The quantitative estimate of drug-likeness (QED) is 0.186. The summed E-state index contributed by atoms with van der Waals surface area (Å²) in [5, 5.41) is 5.39. The molecule has 0 amide bonds. The molecule has 0 fully saturated rings. The van der Waals surface area contributed by atoms with E-state index in [2.05, 4.69) is 0 Å². The first-order valence-electron chi connectivity index (χ1n) is 14.5. The Bertz CT molecular complexity index is 2090. The summed E-state index contributed by atoms with van der Waals surface area (Å²) in [6.45, 7) is 0. The smallest absolute Gasteiger partial charge is 0.175 e. The van der Waals surface area contributed by atoms with Crippen LogP contribution in [0.3, 0.4) is 0 Å². The zero-order valence-corrected chi connectivity index (χ0v) is 28.7. The first-order chi connectivity index (χ1) is 22.2. The van der Waals surface area contributed by atoms with E-state index >= 15 is 13.7 Å². The summed E-state index contributed by atoms with van der Waals surface area (Å²) in [5.74, 6) is 0. The molecule has 0 radical (unpaired) electrons. The van der Waals surface area contributed by atoms with Gasteiger partial charge < -0.3 is 18.6 Å². The molecule has 0 unspecified atom stereocenters. The molecule has 3 heterocycles. The molecule has 0 bridgehead atoms. The highest BCUT2D eigenvalue weighted by Crippen LogP contribution is 2.65. The molecule has 0 N–H and O–H groups in total. The SMILES string of the molecule is O=P1(c2ccccc2)c2cc(Cl)cc3c2N2c4c1cc(Cl)cc4P(=O)(c1ccccc1)c1cc(Cl)cc(c12)P3(=O)c1ccccc1. The lowest BCUT2D eigenvalue weighted by Crippen LogP contribution is -2.52. The van der Waals surface area contributed by atoms with Gasteiger partial charge in [0.1, 0.15) is 0 Å². The van der Waals surface area contributed by atoms with Crippen LogP contribution in [-0.4, -0.2) is 0 Å². The van der Waals surface area contributed by atoms with Gasteiger partial charge in [0.15, 0.2) is 21.4 Å². The van der Waals surface area contributed by atoms with Gasteiger partial charge in [-0.15, -0.1) is 0 Å². The summed E-state index contributed by atoms with van der Waals surface area (Å²) in [4.78, 5) is 2.00. The van der Waals surface area contributed by atoms with E-state index in [1.54, 1.807) is 36.4 Å². The first-order valence-corrected chi connectivity index (χ1v) is 20.7. The van der Waals surface area contributed by atoms with Crippen LogP contribution in [0.4, 0.5) is 17.1 Å². The molecule has 0 atom stereocenters. The van der Waals surface area contributed by atoms with Gasteiger partial charge in [0, 0.05) is 62.8 Å². The average molecular weight is 715 g/mol. The number of halogens is 3. The third-order valence-corrected chi connectivity index (χ3v) is 19.0. The normalized spacial score (nSPS) is 23.2. The second-order valence-electron chi connectivity index (χ2n) is 11.5. The van der Waals surface area contributed by atoms with Crippen molar-refractivity contribution < 1.29 is 13.7 Å². The van der Waals surface area contributed by atoms with Crippen LogP contribution in [0.5, 0.6) is 0 Å². The molecule has 9 rings (SSSR count). The minimum atomic E-state index is -3.74. The number of benzene rings is 6. The third-order valence-electron chi connectivity index (χ3n) is 9.17. The Labute approximate surface area is 280 Å². The highest BCUT2D eigenvalue weighted by Gasteiger charge is 2.56. The number of rotatable bonds is 3. The molecule has 0 spiro atoms. The van der Waals surface area contributed by atoms with Crippen molar-refractivity contribution in [2.75, 3.05) is 4.90 Å². The maximum absolute atomic E-state index is 16.1. The molecule has 10 heteroatoms. The van der Waals surface area contributed by atoms with Crippen molar-refractivity contribution in [2.45, 2.75) is 0 Å². The van der Waals surface area contributed by atoms with E-state index in [-0.39, 0.29) is 0 Å². The Kier molecular flexibility index (Phi) is 6.18. The predicted octanol–water partition coefficient (Wildman–Crippen LogP) is 6.98. The second kappa shape index (κ2) is 9.85. The summed E-state index contributed by atoms with van der Waals surface area (Å²) in [6, 6.07) is 38.0. The minimum Gasteiger partial charge on any atom is -0.308 e. The van der Waals surface area contributed by atoms with Gasteiger partial charge in [-0.05, 0) is 36.4 Å². The van der Waals surface area contributed by atoms with E-state index in [0.717, 1.165) is 0 Å². The molecular formula is C36H21Cl3NO3P3. The van der Waals surface area contributed by atoms with Crippen LogP contribution in [0, 0.1) is 0 Å². The Hall–Kier alpha value is -3.32. The zero-order valence-electron chi connectivity index (χ0n) is 23.8. The fourth-order valence-electron chi connectivity index (χ4n) is 7.31. The van der Waals surface area contributed by atoms with Crippen molar-refractivity contribution in [2.24, 2.45) is 0 Å². The van der Waals surface area contributed by atoms with Crippen LogP contribution in [0.2, 0.25) is 15.1 Å². The lowest BCUT2D eigenvalue weighted by atomic mass is 10.1. The lowest BCUT2D eigenvalue weighted by molar-refractivity contribution is 0.592. The molecule has 224 valence electrons. The van der Waals surface area contributed by atoms with Crippen molar-refractivity contribution in [3.63, 3.8) is 0 Å². The number of hydrogen-bond acceptors (Lipinski definition) is 4. The van der Waals surface area contributed by atoms with E-state index in [1.807, 2.05) is 95.9 Å². The van der Waals surface area contributed by atoms with E-state index < -0.39 is 21.4 Å². The Morgan fingerprint density at radius 1 is 0.370 bits per heavy atom. The van der Waals surface area contributed by atoms with Gasteiger partial charge in [-0.25, -0.2) is 0 Å². The van der Waals surface area contributed by atoms with Crippen molar-refractivity contribution in [3.8, 4) is 0 Å². The molecule has 4 nitrogen and oxygen atoms in total. The van der Waals surface area contributed by atoms with Gasteiger partial charge >= 0.3 is 0 Å². The maximum Gasteiger partial charge on any atom is 0.175 e. The number of anilines is 3. The standard InChI is InChI=1S/C36H21Cl3NO3P3/c37-22-16-28-34-30(18-22)45(42,26-12-6-2-7-13-26)32-20-24(39)21-33-36(32)40(34)35-29(44(28,41)25-10-4-1-5-11-25)17-23(38)19-31(35)46(33,43)27-14-8-3-9-15-27/h1-21H. The van der Waals surface area contributed by atoms with Gasteiger partial charge in [0.2, 0.25) is 0 Å². The average Bonchev–Trinajstić information content (AvgIpc) is 3.08. The summed E-state index contributed by atoms with van der Waals surface area (Å²) in [7, 11) is -11.2. The molecule has 0 saturated carbocycles. The Morgan fingerprint density at radius 2 is 0.587 bits per heavy atom. The summed E-state index contributed by atoms with van der Waals surface area (Å²) in [5.41, 5.74) is 1.61. The third kappa shape index (κ3) is 3.53. The molecule has 6 aromatic rings. The van der Waals surface area contributed by atoms with Crippen LogP contribution in [-0.2, 0) is 13.7 Å². The summed E-state index contributed by atoms with van der Waals surface area (Å²) >= 11 is 20.7. The van der Waals surface area contributed by atoms with Gasteiger partial charge in [-0.2, -0.15) is 0 Å². The van der Waals surface area contributed by atoms with E-state index in [1.165, 1.54) is 0 Å². The molecule has 46 heavy (non-hydrogen) atoms. The topological polar surface area (TPSA) is 54.5 Å². The van der Waals surface area contributed by atoms with Crippen LogP contribution in [0.15, 0.2) is 127 Å². The molecule has 6 aromatic carbocycles. The van der Waals surface area contributed by atoms with E-state index in [4.69, 9.17) is 34.8 Å². The highest BCUT2D eigenvalue weighted by molar-refractivity contribution is 7.89. The second-order valence-corrected chi connectivity index (χ2v) is 21.0. The van der Waals surface area contributed by atoms with Crippen molar-refractivity contribution in [1.82, 2.24) is 0 Å². The zero-order chi connectivity index (χ0) is 31.6. The molecule has 3 aliphatic rings. The highest BCUT2D eigenvalue weighted by atomic mass is 35.5. The van der Waals surface area contributed by atoms with Crippen molar-refractivity contribution in [1.29, 1.82) is 0 Å². The van der Waals surface area contributed by atoms with Gasteiger partial charge in [-0.3, -0.25) is 0 Å². The van der Waals surface area contributed by atoms with E-state index in [0.29, 0.717) is 79.9 Å². The first kappa shape index (κ1) is 28.9. The summed E-state index contributed by atoms with van der Waals surface area (Å²) < 4.78 is 48.3. The van der Waals surface area contributed by atoms with Crippen LogP contribution in [0.1, 0.15) is 0 Å². The molecule has 0 saturated heterocycles. The molecular weight excluding hydrogens is 694 g/mol. The van der Waals surface area contributed by atoms with Crippen molar-refractivity contribution >= 4 is 121 Å². The fraction of sp³-hybridized carbons (Fsp3) is 0. The number of hydrogen-bond donors (Lipinski definition) is 0. The van der Waals surface area contributed by atoms with Gasteiger partial charge in [-0.1, -0.05) is 126 Å². The fourth-order valence-corrected chi connectivity index (χ4v) is 17.9. The van der Waals surface area contributed by atoms with Crippen molar-refractivity contribution in [3.05, 3.63) is 142 Å². The minimum absolute atomic E-state index is 0.310. The Morgan fingerprint density at radius 3 is 0.804 bits per heavy atom. The van der Waals surface area contributed by atoms with E-state index in [9.17, 15) is 0 Å². The molecule has 0 aliphatic carbocycles. The van der Waals surface area contributed by atoms with Gasteiger partial charge in [0.25, 0.3) is 0 Å². The maximum atomic E-state index is 16.1.